The molecule has 1 fully saturated rings. The third-order valence-corrected chi connectivity index (χ3v) is 4.51. The largest absolute Gasteiger partial charge is 0.481 e. The third kappa shape index (κ3) is 5.93. The molecule has 2 unspecified atom stereocenters. The lowest BCUT2D eigenvalue weighted by Gasteiger charge is -2.32. The van der Waals surface area contributed by atoms with E-state index >= 15 is 0 Å². The van der Waals surface area contributed by atoms with Crippen LogP contribution in [-0.4, -0.2) is 30.2 Å². The molecule has 0 aliphatic heterocycles. The molecule has 2 atom stereocenters. The van der Waals surface area contributed by atoms with E-state index in [9.17, 15) is 9.59 Å². The molecule has 5 nitrogen and oxygen atoms in total. The van der Waals surface area contributed by atoms with Crippen molar-refractivity contribution in [2.24, 2.45) is 5.92 Å². The number of nitrogens with one attached hydrogen (secondary N) is 2. The van der Waals surface area contributed by atoms with Gasteiger partial charge in [0.1, 0.15) is 0 Å². The van der Waals surface area contributed by atoms with Crippen molar-refractivity contribution in [1.29, 1.82) is 0 Å². The summed E-state index contributed by atoms with van der Waals surface area (Å²) in [6.45, 7) is 1.06. The van der Waals surface area contributed by atoms with Crippen molar-refractivity contribution in [3.63, 3.8) is 0 Å². The molecular formula is C18H26N2O3. The van der Waals surface area contributed by atoms with Crippen LogP contribution in [-0.2, 0) is 4.79 Å². The molecule has 1 aliphatic carbocycles. The van der Waals surface area contributed by atoms with Gasteiger partial charge in [-0.3, -0.25) is 4.79 Å². The average Bonchev–Trinajstić information content (AvgIpc) is 2.58. The molecule has 1 aliphatic rings. The summed E-state index contributed by atoms with van der Waals surface area (Å²) in [4.78, 5) is 22.2. The van der Waals surface area contributed by atoms with Gasteiger partial charge in [-0.25, -0.2) is 4.79 Å². The Balaban J connectivity index is 1.76. The number of benzene rings is 1. The van der Waals surface area contributed by atoms with Crippen LogP contribution in [0.3, 0.4) is 0 Å². The quantitative estimate of drug-likeness (QED) is 0.676. The van der Waals surface area contributed by atoms with Gasteiger partial charge in [0.05, 0.1) is 0 Å². The molecule has 0 spiro atoms. The van der Waals surface area contributed by atoms with E-state index in [4.69, 9.17) is 5.11 Å². The summed E-state index contributed by atoms with van der Waals surface area (Å²) in [6.07, 6.45) is 5.32. The van der Waals surface area contributed by atoms with Gasteiger partial charge in [0.25, 0.3) is 0 Å². The van der Waals surface area contributed by atoms with E-state index in [0.717, 1.165) is 6.42 Å². The Morgan fingerprint density at radius 1 is 1.09 bits per heavy atom. The topological polar surface area (TPSA) is 78.4 Å². The Hall–Kier alpha value is -2.04. The smallest absolute Gasteiger partial charge is 0.314 e. The molecule has 5 heteroatoms. The highest BCUT2D eigenvalue weighted by molar-refractivity contribution is 5.73. The second kappa shape index (κ2) is 9.18. The number of urea groups is 1. The van der Waals surface area contributed by atoms with Crippen molar-refractivity contribution >= 4 is 12.0 Å². The Labute approximate surface area is 137 Å². The molecule has 126 valence electrons. The predicted octanol–water partition coefficient (Wildman–Crippen LogP) is 3.12. The van der Waals surface area contributed by atoms with Gasteiger partial charge in [-0.2, -0.15) is 0 Å². The molecule has 2 rings (SSSR count). The highest BCUT2D eigenvalue weighted by Gasteiger charge is 2.26. The van der Waals surface area contributed by atoms with Crippen molar-refractivity contribution in [1.82, 2.24) is 10.6 Å². The second-order valence-electron chi connectivity index (χ2n) is 6.20. The van der Waals surface area contributed by atoms with Crippen molar-refractivity contribution in [3.8, 4) is 0 Å². The number of carbonyl (C=O) groups excluding carboxylic acids is 1. The fourth-order valence-corrected chi connectivity index (χ4v) is 3.32. The number of amides is 2. The zero-order valence-corrected chi connectivity index (χ0v) is 13.5. The summed E-state index contributed by atoms with van der Waals surface area (Å²) >= 11 is 0. The summed E-state index contributed by atoms with van der Waals surface area (Å²) < 4.78 is 0. The van der Waals surface area contributed by atoms with E-state index in [1.54, 1.807) is 0 Å². The number of hydrogen-bond donors (Lipinski definition) is 3. The van der Waals surface area contributed by atoms with E-state index in [1.165, 1.54) is 24.8 Å². The highest BCUT2D eigenvalue weighted by Crippen LogP contribution is 2.37. The molecule has 0 bridgehead atoms. The minimum Gasteiger partial charge on any atom is -0.481 e. The van der Waals surface area contributed by atoms with Gasteiger partial charge in [0, 0.05) is 19.5 Å². The van der Waals surface area contributed by atoms with E-state index in [0.29, 0.717) is 31.3 Å². The highest BCUT2D eigenvalue weighted by atomic mass is 16.4. The first-order chi connectivity index (χ1) is 11.2. The Bertz CT molecular complexity index is 504. The molecule has 0 saturated heterocycles. The Kier molecular flexibility index (Phi) is 6.91. The third-order valence-electron chi connectivity index (χ3n) is 4.51. The maximum Gasteiger partial charge on any atom is 0.314 e. The van der Waals surface area contributed by atoms with Crippen molar-refractivity contribution in [2.45, 2.75) is 44.4 Å². The number of carboxylic acid groups (broad SMARTS) is 1. The summed E-state index contributed by atoms with van der Waals surface area (Å²) in [5, 5.41) is 14.2. The normalized spacial score (nSPS) is 20.7. The molecule has 0 heterocycles. The maximum absolute atomic E-state index is 11.8. The molecule has 23 heavy (non-hydrogen) atoms. The van der Waals surface area contributed by atoms with Crippen LogP contribution in [0.5, 0.6) is 0 Å². The zero-order valence-electron chi connectivity index (χ0n) is 13.5. The minimum atomic E-state index is -0.833. The lowest BCUT2D eigenvalue weighted by atomic mass is 9.75. The van der Waals surface area contributed by atoms with Gasteiger partial charge in [-0.15, -0.1) is 0 Å². The molecule has 0 aromatic heterocycles. The van der Waals surface area contributed by atoms with E-state index in [-0.39, 0.29) is 12.5 Å². The van der Waals surface area contributed by atoms with Gasteiger partial charge < -0.3 is 15.7 Å². The monoisotopic (exact) mass is 318 g/mol. The van der Waals surface area contributed by atoms with Crippen molar-refractivity contribution in [3.05, 3.63) is 35.9 Å². The predicted molar refractivity (Wildman–Crippen MR) is 89.4 cm³/mol. The van der Waals surface area contributed by atoms with Gasteiger partial charge >= 0.3 is 12.0 Å². The summed E-state index contributed by atoms with van der Waals surface area (Å²) in [7, 11) is 0. The Morgan fingerprint density at radius 3 is 2.57 bits per heavy atom. The van der Waals surface area contributed by atoms with Crippen LogP contribution in [0.15, 0.2) is 30.3 Å². The lowest BCUT2D eigenvalue weighted by molar-refractivity contribution is -0.137. The summed E-state index contributed by atoms with van der Waals surface area (Å²) in [5.41, 5.74) is 1.36. The summed E-state index contributed by atoms with van der Waals surface area (Å²) in [6, 6.07) is 10.3. The van der Waals surface area contributed by atoms with Crippen LogP contribution in [0.25, 0.3) is 0 Å². The van der Waals surface area contributed by atoms with Gasteiger partial charge in [0.2, 0.25) is 0 Å². The average molecular weight is 318 g/mol. The van der Waals surface area contributed by atoms with E-state index in [2.05, 4.69) is 34.9 Å². The number of carbonyl (C=O) groups is 2. The first kappa shape index (κ1) is 17.3. The summed E-state index contributed by atoms with van der Waals surface area (Å²) in [5.74, 6) is 0.147. The van der Waals surface area contributed by atoms with Gasteiger partial charge in [-0.1, -0.05) is 43.2 Å². The van der Waals surface area contributed by atoms with Crippen LogP contribution < -0.4 is 10.6 Å². The number of hydrogen-bond acceptors (Lipinski definition) is 2. The fourth-order valence-electron chi connectivity index (χ4n) is 3.32. The standard InChI is InChI=1S/C18H26N2O3/c21-17(22)11-6-12-19-18(23)20-13-15-9-4-5-10-16(15)14-7-2-1-3-8-14/h1-3,7-8,15-16H,4-6,9-13H2,(H,21,22)(H2,19,20,23). The van der Waals surface area contributed by atoms with Gasteiger partial charge in [0.15, 0.2) is 0 Å². The zero-order chi connectivity index (χ0) is 16.5. The van der Waals surface area contributed by atoms with Crippen LogP contribution in [0, 0.1) is 5.92 Å². The second-order valence-corrected chi connectivity index (χ2v) is 6.20. The van der Waals surface area contributed by atoms with Crippen molar-refractivity contribution in [2.75, 3.05) is 13.1 Å². The molecule has 1 aromatic rings. The van der Waals surface area contributed by atoms with Crippen molar-refractivity contribution < 1.29 is 14.7 Å². The van der Waals surface area contributed by atoms with Crippen LogP contribution in [0.2, 0.25) is 0 Å². The molecule has 1 aromatic carbocycles. The van der Waals surface area contributed by atoms with Crippen LogP contribution >= 0.6 is 0 Å². The molecule has 2 amide bonds. The molecule has 3 N–H and O–H groups in total. The first-order valence-corrected chi connectivity index (χ1v) is 8.45. The Morgan fingerprint density at radius 2 is 1.83 bits per heavy atom. The molecule has 1 saturated carbocycles. The SMILES string of the molecule is O=C(O)CCCNC(=O)NCC1CCCCC1c1ccccc1. The fraction of sp³-hybridized carbons (Fsp3) is 0.556. The number of carboxylic acids is 1. The molecular weight excluding hydrogens is 292 g/mol. The maximum atomic E-state index is 11.8. The first-order valence-electron chi connectivity index (χ1n) is 8.45. The lowest BCUT2D eigenvalue weighted by Crippen LogP contribution is -2.40. The van der Waals surface area contributed by atoms with E-state index < -0.39 is 5.97 Å². The van der Waals surface area contributed by atoms with Gasteiger partial charge in [-0.05, 0) is 36.7 Å². The van der Waals surface area contributed by atoms with Crippen LogP contribution in [0.1, 0.15) is 50.0 Å². The number of rotatable bonds is 7. The number of aliphatic carboxylic acids is 1. The van der Waals surface area contributed by atoms with Crippen LogP contribution in [0.4, 0.5) is 4.79 Å². The molecule has 0 radical (unpaired) electrons. The minimum absolute atomic E-state index is 0.0823. The van der Waals surface area contributed by atoms with E-state index in [1.807, 2.05) is 6.07 Å².